The lowest BCUT2D eigenvalue weighted by atomic mass is 9.96. The normalized spacial score (nSPS) is 12.6. The van der Waals surface area contributed by atoms with Gasteiger partial charge in [0.25, 0.3) is 0 Å². The number of thiophene rings is 4. The topological polar surface area (TPSA) is 95.1 Å². The molecule has 1 aliphatic carbocycles. The smallest absolute Gasteiger partial charge is 0.235 e. The van der Waals surface area contributed by atoms with Crippen molar-refractivity contribution in [3.63, 3.8) is 0 Å². The quantitative estimate of drug-likeness (QED) is 0.0742. The lowest BCUT2D eigenvalue weighted by Gasteiger charge is -2.12. The van der Waals surface area contributed by atoms with E-state index < -0.39 is 32.3 Å². The number of imidazole rings is 1. The summed E-state index contributed by atoms with van der Waals surface area (Å²) in [5, 5.41) is 2.67. The number of benzene rings is 5. The SMILES string of the molecule is C[Si](C)(C)c1cc2c(s1)-c1sc([Si](C)(C)C)cc1C(=O)C2=O.C[Si](C)(C)c1cc2c3nc(-c4ccc(Br)cc4)n(-c4ccccc4)c3c3cc([Si](C)(C)C)sc3c2s1.Nc1ccccc1.O=Cc1ccc(Br)cc1. The van der Waals surface area contributed by atoms with Gasteiger partial charge in [-0.25, -0.2) is 4.98 Å². The van der Waals surface area contributed by atoms with Crippen molar-refractivity contribution in [1.29, 1.82) is 0 Å². The first-order valence-electron chi connectivity index (χ1n) is 24.4. The fourth-order valence-electron chi connectivity index (χ4n) is 8.12. The molecule has 380 valence electrons. The van der Waals surface area contributed by atoms with Crippen LogP contribution in [0.25, 0.3) is 58.0 Å². The van der Waals surface area contributed by atoms with Crippen molar-refractivity contribution in [2.75, 3.05) is 5.73 Å². The summed E-state index contributed by atoms with van der Waals surface area (Å²) in [6.45, 7) is 28.4. The number of carbonyl (C=O) groups is 3. The van der Waals surface area contributed by atoms with E-state index in [0.717, 1.165) is 53.3 Å². The van der Waals surface area contributed by atoms with Gasteiger partial charge in [0.05, 0.1) is 62.5 Å². The lowest BCUT2D eigenvalue weighted by Crippen LogP contribution is -2.35. The number of hydrogen-bond acceptors (Lipinski definition) is 9. The monoisotopic (exact) mass is 1250 g/mol. The summed E-state index contributed by atoms with van der Waals surface area (Å²) in [6.07, 6.45) is 0.826. The molecule has 2 N–H and O–H groups in total. The van der Waals surface area contributed by atoms with Crippen molar-refractivity contribution >= 4 is 182 Å². The van der Waals surface area contributed by atoms with Crippen molar-refractivity contribution in [2.24, 2.45) is 0 Å². The first kappa shape index (κ1) is 55.8. The molecule has 0 spiro atoms. The summed E-state index contributed by atoms with van der Waals surface area (Å²) in [7, 11) is -5.92. The molecule has 0 unspecified atom stereocenters. The average Bonchev–Trinajstić information content (AvgIpc) is 4.19. The molecule has 5 heterocycles. The van der Waals surface area contributed by atoms with Crippen LogP contribution in [-0.2, 0) is 0 Å². The highest BCUT2D eigenvalue weighted by atomic mass is 79.9. The van der Waals surface area contributed by atoms with Gasteiger partial charge in [-0.2, -0.15) is 0 Å². The van der Waals surface area contributed by atoms with Gasteiger partial charge in [0, 0.05) is 53.3 Å². The van der Waals surface area contributed by atoms with Crippen molar-refractivity contribution in [3.05, 3.63) is 159 Å². The zero-order chi connectivity index (χ0) is 53.7. The zero-order valence-electron chi connectivity index (χ0n) is 43.9. The molecule has 0 radical (unpaired) electrons. The number of carbonyl (C=O) groups excluding carboxylic acids is 3. The predicted octanol–water partition coefficient (Wildman–Crippen LogP) is 16.5. The van der Waals surface area contributed by atoms with Crippen LogP contribution < -0.4 is 23.7 Å². The number of Topliss-reactive ketones (excluding diaryl/α,β-unsaturated/α-hetero) is 2. The Morgan fingerprint density at radius 3 is 1.34 bits per heavy atom. The fourth-order valence-corrected chi connectivity index (χ4v) is 21.0. The van der Waals surface area contributed by atoms with Gasteiger partial charge in [-0.1, -0.05) is 171 Å². The molecule has 6 nitrogen and oxygen atoms in total. The molecule has 74 heavy (non-hydrogen) atoms. The van der Waals surface area contributed by atoms with Crippen LogP contribution in [0.3, 0.4) is 0 Å². The first-order chi connectivity index (χ1) is 34.7. The Morgan fingerprint density at radius 2 is 0.919 bits per heavy atom. The summed E-state index contributed by atoms with van der Waals surface area (Å²) in [5.74, 6) is 0.366. The second kappa shape index (κ2) is 21.9. The molecule has 11 rings (SSSR count). The molecule has 0 aliphatic heterocycles. The van der Waals surface area contributed by atoms with Gasteiger partial charge < -0.3 is 5.73 Å². The molecule has 0 atom stereocenters. The van der Waals surface area contributed by atoms with Crippen LogP contribution in [0.15, 0.2) is 142 Å². The van der Waals surface area contributed by atoms with E-state index in [-0.39, 0.29) is 11.6 Å². The minimum Gasteiger partial charge on any atom is -0.399 e. The Hall–Kier alpha value is -4.47. The number of aromatic nitrogens is 2. The highest BCUT2D eigenvalue weighted by Gasteiger charge is 2.37. The van der Waals surface area contributed by atoms with E-state index in [0.29, 0.717) is 16.7 Å². The van der Waals surface area contributed by atoms with Gasteiger partial charge in [-0.15, -0.1) is 45.3 Å². The van der Waals surface area contributed by atoms with Crippen molar-refractivity contribution in [2.45, 2.75) is 78.6 Å². The van der Waals surface area contributed by atoms with E-state index in [1.54, 1.807) is 43.8 Å². The number of halogens is 2. The van der Waals surface area contributed by atoms with Crippen molar-refractivity contribution in [1.82, 2.24) is 9.55 Å². The molecule has 16 heteroatoms. The largest absolute Gasteiger partial charge is 0.399 e. The Labute approximate surface area is 472 Å². The van der Waals surface area contributed by atoms with E-state index >= 15 is 0 Å². The van der Waals surface area contributed by atoms with E-state index in [4.69, 9.17) is 10.7 Å². The Bertz CT molecular complexity index is 3620. The molecular formula is C58H61Br2N3O3S4Si4. The summed E-state index contributed by atoms with van der Waals surface area (Å²) in [4.78, 5) is 42.5. The molecule has 5 aromatic heterocycles. The van der Waals surface area contributed by atoms with Gasteiger partial charge in [-0.05, 0) is 90.8 Å². The predicted molar refractivity (Wildman–Crippen MR) is 344 cm³/mol. The maximum absolute atomic E-state index is 12.5. The molecule has 10 aromatic rings. The summed E-state index contributed by atoms with van der Waals surface area (Å²) >= 11 is 14.4. The molecule has 0 fully saturated rings. The van der Waals surface area contributed by atoms with Crippen LogP contribution in [0.1, 0.15) is 31.1 Å². The van der Waals surface area contributed by atoms with Gasteiger partial charge in [0.15, 0.2) is 0 Å². The second-order valence-corrected chi connectivity index (χ2v) is 50.1. The highest BCUT2D eigenvalue weighted by Crippen LogP contribution is 2.44. The van der Waals surface area contributed by atoms with E-state index in [1.807, 2.05) is 77.3 Å². The zero-order valence-corrected chi connectivity index (χ0v) is 54.3. The first-order valence-corrected chi connectivity index (χ1v) is 43.2. The van der Waals surface area contributed by atoms with Gasteiger partial charge in [0.2, 0.25) is 11.6 Å². The number of aldehydes is 1. The van der Waals surface area contributed by atoms with Crippen LogP contribution in [0.5, 0.6) is 0 Å². The van der Waals surface area contributed by atoms with Gasteiger partial charge in [-0.3, -0.25) is 19.0 Å². The maximum atomic E-state index is 12.5. The number of fused-ring (bicyclic) bond motifs is 9. The average molecular weight is 1250 g/mol. The summed E-state index contributed by atoms with van der Waals surface area (Å²) in [6, 6.07) is 44.9. The van der Waals surface area contributed by atoms with E-state index in [9.17, 15) is 14.4 Å². The maximum Gasteiger partial charge on any atom is 0.235 e. The number of anilines is 1. The van der Waals surface area contributed by atoms with Crippen LogP contribution >= 0.6 is 77.2 Å². The van der Waals surface area contributed by atoms with E-state index in [2.05, 4.69) is 182 Å². The molecule has 0 saturated carbocycles. The molecular weight excluding hydrogens is 1190 g/mol. The number of hydrogen-bond donors (Lipinski definition) is 1. The van der Waals surface area contributed by atoms with Gasteiger partial charge >= 0.3 is 0 Å². The lowest BCUT2D eigenvalue weighted by molar-refractivity contribution is 0.0816. The Balaban J connectivity index is 0.000000161. The molecule has 0 amide bonds. The van der Waals surface area contributed by atoms with Crippen molar-refractivity contribution in [3.8, 4) is 26.8 Å². The third-order valence-corrected chi connectivity index (χ3v) is 32.5. The minimum absolute atomic E-state index is 0.317. The molecule has 1 aliphatic rings. The number of rotatable bonds is 7. The van der Waals surface area contributed by atoms with Crippen LogP contribution in [0, 0.1) is 0 Å². The number of nitrogens with zero attached hydrogens (tertiary/aromatic N) is 2. The second-order valence-electron chi connectivity index (χ2n) is 22.5. The Morgan fingerprint density at radius 1 is 0.514 bits per heavy atom. The molecule has 0 saturated heterocycles. The number of nitrogen functional groups attached to an aromatic ring is 1. The minimum atomic E-state index is -1.48. The standard InChI is InChI=1S/C29H29BrN2S2Si2.C16H20O2S2Si2.C7H5BrO.C6H7N/c1-35(2,3)23-16-21-25-26(22-17-24(36(4,5)6)34-28(22)27(21)33-23)32(20-10-8-7-9-11-20)29(31-25)18-12-14-19(30)15-13-18;1-21(2,3)11-7-9-13(17)14(18)10-8-12(22(4,5)6)20-16(10)15(9)19-11;8-7-3-1-6(5-9)2-4-7;7-6-4-2-1-3-5-6/h7-17H,1-6H3;7-8H,1-6H3;1-5H;1-5H,7H2. The van der Waals surface area contributed by atoms with Crippen LogP contribution in [0.4, 0.5) is 5.69 Å². The van der Waals surface area contributed by atoms with E-state index in [1.165, 1.54) is 34.7 Å². The number of nitrogens with two attached hydrogens (primary N) is 1. The Kier molecular flexibility index (Phi) is 16.5. The summed E-state index contributed by atoms with van der Waals surface area (Å²) in [5.41, 5.74) is 12.8. The number of ketones is 2. The third kappa shape index (κ3) is 12.0. The summed E-state index contributed by atoms with van der Waals surface area (Å²) < 4.78 is 13.0. The van der Waals surface area contributed by atoms with Crippen molar-refractivity contribution < 1.29 is 14.4 Å². The van der Waals surface area contributed by atoms with Gasteiger partial charge in [0.1, 0.15) is 12.1 Å². The van der Waals surface area contributed by atoms with Crippen LogP contribution in [-0.4, -0.2) is 59.7 Å². The van der Waals surface area contributed by atoms with Crippen LogP contribution in [0.2, 0.25) is 78.6 Å². The third-order valence-electron chi connectivity index (χ3n) is 12.3. The molecule has 0 bridgehead atoms. The number of para-hydroxylation sites is 2. The fraction of sp³-hybridized carbons (Fsp3) is 0.207. The highest BCUT2D eigenvalue weighted by molar-refractivity contribution is 9.10. The molecule has 5 aromatic carbocycles.